The number of esters is 1. The molecule has 6 heteroatoms. The molecule has 27 heavy (non-hydrogen) atoms. The molecule has 1 aliphatic heterocycles. The molecule has 2 fully saturated rings. The Kier molecular flexibility index (Phi) is 6.88. The first kappa shape index (κ1) is 19.9. The van der Waals surface area contributed by atoms with E-state index in [0.717, 1.165) is 43.2 Å². The van der Waals surface area contributed by atoms with E-state index >= 15 is 0 Å². The summed E-state index contributed by atoms with van der Waals surface area (Å²) in [6, 6.07) is 7.56. The summed E-state index contributed by atoms with van der Waals surface area (Å²) in [4.78, 5) is 22.4. The first-order valence-corrected chi connectivity index (χ1v) is 9.68. The van der Waals surface area contributed by atoms with Gasteiger partial charge in [-0.3, -0.25) is 4.79 Å². The fourth-order valence-corrected chi connectivity index (χ4v) is 3.27. The normalized spacial score (nSPS) is 21.1. The molecule has 0 radical (unpaired) electrons. The molecular formula is C21H28O6. The molecule has 0 N–H and O–H groups in total. The maximum absolute atomic E-state index is 11.3. The van der Waals surface area contributed by atoms with Crippen LogP contribution < -0.4 is 4.74 Å². The third-order valence-electron chi connectivity index (χ3n) is 4.86. The highest BCUT2D eigenvalue weighted by molar-refractivity contribution is 5.69. The van der Waals surface area contributed by atoms with E-state index in [4.69, 9.17) is 24.0 Å². The third-order valence-corrected chi connectivity index (χ3v) is 4.86. The zero-order valence-corrected chi connectivity index (χ0v) is 15.9. The highest BCUT2D eigenvalue weighted by Gasteiger charge is 2.42. The molecule has 3 rings (SSSR count). The summed E-state index contributed by atoms with van der Waals surface area (Å²) in [5.41, 5.74) is 1.75. The largest absolute Gasteiger partial charge is 0.490 e. The standard InChI is InChI=1S/C21H28O6/c1-3-6-20(22)24-14-13-23-18-9-7-17(8-10-18)16(2)19-15-25-21(27-26-19)11-4-5-12-21/h7-10,19H,2-6,11-15H2,1H3. The number of hydrogen-bond acceptors (Lipinski definition) is 6. The Morgan fingerprint density at radius 2 is 1.96 bits per heavy atom. The fourth-order valence-electron chi connectivity index (χ4n) is 3.27. The van der Waals surface area contributed by atoms with Gasteiger partial charge in [0, 0.05) is 19.3 Å². The quantitative estimate of drug-likeness (QED) is 0.388. The lowest BCUT2D eigenvalue weighted by Gasteiger charge is -2.36. The summed E-state index contributed by atoms with van der Waals surface area (Å²) in [6.07, 6.45) is 4.88. The van der Waals surface area contributed by atoms with Crippen molar-refractivity contribution in [2.75, 3.05) is 19.8 Å². The van der Waals surface area contributed by atoms with Gasteiger partial charge in [-0.05, 0) is 42.5 Å². The van der Waals surface area contributed by atoms with Crippen molar-refractivity contribution in [2.24, 2.45) is 0 Å². The lowest BCUT2D eigenvalue weighted by molar-refractivity contribution is -0.475. The van der Waals surface area contributed by atoms with E-state index < -0.39 is 5.79 Å². The van der Waals surface area contributed by atoms with Gasteiger partial charge < -0.3 is 14.2 Å². The summed E-state index contributed by atoms with van der Waals surface area (Å²) in [5, 5.41) is 0. The van der Waals surface area contributed by atoms with Crippen LogP contribution in [0, 0.1) is 0 Å². The van der Waals surface area contributed by atoms with Gasteiger partial charge in [-0.25, -0.2) is 9.78 Å². The Bertz CT molecular complexity index is 623. The molecule has 1 aromatic rings. The van der Waals surface area contributed by atoms with Crippen molar-refractivity contribution in [1.29, 1.82) is 0 Å². The molecule has 1 heterocycles. The zero-order valence-electron chi connectivity index (χ0n) is 15.9. The molecule has 6 nitrogen and oxygen atoms in total. The van der Waals surface area contributed by atoms with E-state index in [-0.39, 0.29) is 18.7 Å². The monoisotopic (exact) mass is 376 g/mol. The van der Waals surface area contributed by atoms with Crippen molar-refractivity contribution in [3.63, 3.8) is 0 Å². The van der Waals surface area contributed by atoms with E-state index in [1.807, 2.05) is 31.2 Å². The Labute approximate surface area is 160 Å². The molecule has 0 aromatic heterocycles. The molecule has 1 saturated heterocycles. The van der Waals surface area contributed by atoms with Crippen LogP contribution in [-0.2, 0) is 24.0 Å². The van der Waals surface area contributed by atoms with E-state index in [1.165, 1.54) is 0 Å². The maximum atomic E-state index is 11.3. The summed E-state index contributed by atoms with van der Waals surface area (Å²) in [7, 11) is 0. The van der Waals surface area contributed by atoms with Crippen molar-refractivity contribution in [3.8, 4) is 5.75 Å². The molecule has 1 atom stereocenters. The summed E-state index contributed by atoms with van der Waals surface area (Å²) in [6.45, 7) is 7.08. The Morgan fingerprint density at radius 3 is 2.59 bits per heavy atom. The van der Waals surface area contributed by atoms with Crippen LogP contribution in [0.1, 0.15) is 51.0 Å². The van der Waals surface area contributed by atoms with Crippen molar-refractivity contribution < 1.29 is 28.8 Å². The van der Waals surface area contributed by atoms with Crippen LogP contribution in [-0.4, -0.2) is 37.7 Å². The van der Waals surface area contributed by atoms with Gasteiger partial charge in [-0.1, -0.05) is 25.6 Å². The molecule has 1 spiro atoms. The molecule has 148 valence electrons. The minimum atomic E-state index is -0.547. The molecule has 1 aromatic carbocycles. The molecule has 0 bridgehead atoms. The van der Waals surface area contributed by atoms with Gasteiger partial charge in [0.2, 0.25) is 5.79 Å². The van der Waals surface area contributed by atoms with Gasteiger partial charge in [0.05, 0.1) is 6.61 Å². The predicted molar refractivity (Wildman–Crippen MR) is 99.9 cm³/mol. The SMILES string of the molecule is C=C(c1ccc(OCCOC(=O)CCC)cc1)C1COC2(CCCC2)OO1. The number of rotatable bonds is 8. The number of carbonyl (C=O) groups excluding carboxylic acids is 1. The van der Waals surface area contributed by atoms with E-state index in [0.29, 0.717) is 25.4 Å². The van der Waals surface area contributed by atoms with Gasteiger partial charge >= 0.3 is 5.97 Å². The Morgan fingerprint density at radius 1 is 1.22 bits per heavy atom. The predicted octanol–water partition coefficient (Wildman–Crippen LogP) is 4.04. The second kappa shape index (κ2) is 9.35. The summed E-state index contributed by atoms with van der Waals surface area (Å²) >= 11 is 0. The number of benzene rings is 1. The van der Waals surface area contributed by atoms with E-state index in [2.05, 4.69) is 6.58 Å². The smallest absolute Gasteiger partial charge is 0.305 e. The number of carbonyl (C=O) groups is 1. The highest BCUT2D eigenvalue weighted by atomic mass is 17.2. The van der Waals surface area contributed by atoms with E-state index in [1.54, 1.807) is 0 Å². The lowest BCUT2D eigenvalue weighted by Crippen LogP contribution is -2.43. The molecule has 1 saturated carbocycles. The first-order valence-electron chi connectivity index (χ1n) is 9.68. The molecule has 2 aliphatic rings. The van der Waals surface area contributed by atoms with Crippen LogP contribution in [0.4, 0.5) is 0 Å². The number of ether oxygens (including phenoxy) is 3. The van der Waals surface area contributed by atoms with Crippen LogP contribution >= 0.6 is 0 Å². The third kappa shape index (κ3) is 5.31. The fraction of sp³-hybridized carbons (Fsp3) is 0.571. The average molecular weight is 376 g/mol. The average Bonchev–Trinajstić information content (AvgIpc) is 3.14. The highest BCUT2D eigenvalue weighted by Crippen LogP contribution is 2.39. The van der Waals surface area contributed by atoms with Crippen LogP contribution in [0.5, 0.6) is 5.75 Å². The van der Waals surface area contributed by atoms with Crippen molar-refractivity contribution in [2.45, 2.75) is 57.3 Å². The zero-order chi connectivity index (χ0) is 19.1. The summed E-state index contributed by atoms with van der Waals surface area (Å²) in [5.74, 6) is -0.0289. The first-order chi connectivity index (χ1) is 13.1. The maximum Gasteiger partial charge on any atom is 0.305 e. The molecular weight excluding hydrogens is 348 g/mol. The van der Waals surface area contributed by atoms with Gasteiger partial charge in [0.15, 0.2) is 0 Å². The minimum Gasteiger partial charge on any atom is -0.490 e. The lowest BCUT2D eigenvalue weighted by atomic mass is 10.0. The molecule has 1 aliphatic carbocycles. The van der Waals surface area contributed by atoms with Crippen LogP contribution in [0.2, 0.25) is 0 Å². The second-order valence-corrected chi connectivity index (χ2v) is 6.97. The van der Waals surface area contributed by atoms with Gasteiger partial charge in [0.25, 0.3) is 0 Å². The van der Waals surface area contributed by atoms with Gasteiger partial charge in [0.1, 0.15) is 25.1 Å². The van der Waals surface area contributed by atoms with Crippen molar-refractivity contribution in [3.05, 3.63) is 36.4 Å². The van der Waals surface area contributed by atoms with Crippen molar-refractivity contribution in [1.82, 2.24) is 0 Å². The van der Waals surface area contributed by atoms with Gasteiger partial charge in [-0.2, -0.15) is 0 Å². The van der Waals surface area contributed by atoms with Crippen LogP contribution in [0.3, 0.4) is 0 Å². The topological polar surface area (TPSA) is 63.2 Å². The second-order valence-electron chi connectivity index (χ2n) is 6.97. The van der Waals surface area contributed by atoms with Crippen LogP contribution in [0.15, 0.2) is 30.8 Å². The van der Waals surface area contributed by atoms with Crippen molar-refractivity contribution >= 4 is 11.5 Å². The molecule has 1 unspecified atom stereocenters. The Balaban J connectivity index is 1.43. The Hall–Kier alpha value is -1.89. The minimum absolute atomic E-state index is 0.191. The van der Waals surface area contributed by atoms with Gasteiger partial charge in [-0.15, -0.1) is 0 Å². The molecule has 0 amide bonds. The van der Waals surface area contributed by atoms with Crippen LogP contribution in [0.25, 0.3) is 5.57 Å². The number of hydrogen-bond donors (Lipinski definition) is 0. The summed E-state index contributed by atoms with van der Waals surface area (Å²) < 4.78 is 16.6. The van der Waals surface area contributed by atoms with E-state index in [9.17, 15) is 4.79 Å².